The van der Waals surface area contributed by atoms with E-state index in [1.807, 2.05) is 56.5 Å². The van der Waals surface area contributed by atoms with Gasteiger partial charge >= 0.3 is 0 Å². The van der Waals surface area contributed by atoms with Crippen molar-refractivity contribution < 1.29 is 4.74 Å². The van der Waals surface area contributed by atoms with E-state index in [-0.39, 0.29) is 0 Å². The predicted molar refractivity (Wildman–Crippen MR) is 77.3 cm³/mol. The fraction of sp³-hybridized carbons (Fsp3) is 0.200. The molecule has 0 atom stereocenters. The number of rotatable bonds is 5. The summed E-state index contributed by atoms with van der Waals surface area (Å²) in [4.78, 5) is 8.43. The first-order chi connectivity index (χ1) is 9.28. The van der Waals surface area contributed by atoms with Crippen LogP contribution in [0.1, 0.15) is 11.4 Å². The van der Waals surface area contributed by atoms with E-state index in [1.54, 1.807) is 6.07 Å². The summed E-state index contributed by atoms with van der Waals surface area (Å²) >= 11 is 0. The number of anilines is 1. The third kappa shape index (κ3) is 4.10. The van der Waals surface area contributed by atoms with Gasteiger partial charge in [-0.2, -0.15) is 4.98 Å². The summed E-state index contributed by atoms with van der Waals surface area (Å²) < 4.78 is 5.57. The Morgan fingerprint density at radius 1 is 1.21 bits per heavy atom. The molecule has 0 amide bonds. The van der Waals surface area contributed by atoms with Crippen molar-refractivity contribution in [2.75, 3.05) is 19.0 Å². The van der Waals surface area contributed by atoms with Gasteiger partial charge in [-0.3, -0.25) is 0 Å². The van der Waals surface area contributed by atoms with Crippen LogP contribution in [0, 0.1) is 6.92 Å². The van der Waals surface area contributed by atoms with Crippen LogP contribution in [0.2, 0.25) is 0 Å². The molecule has 0 spiro atoms. The molecule has 1 aromatic heterocycles. The fourth-order valence-corrected chi connectivity index (χ4v) is 1.62. The van der Waals surface area contributed by atoms with Crippen LogP contribution in [0.4, 0.5) is 5.82 Å². The number of hydrogen-bond donors (Lipinski definition) is 1. The number of nitrogens with one attached hydrogen (secondary N) is 1. The van der Waals surface area contributed by atoms with Gasteiger partial charge in [-0.1, -0.05) is 36.4 Å². The number of aryl methyl sites for hydroxylation is 1. The van der Waals surface area contributed by atoms with Crippen molar-refractivity contribution in [1.82, 2.24) is 9.97 Å². The summed E-state index contributed by atoms with van der Waals surface area (Å²) in [5, 5.41) is 2.98. The van der Waals surface area contributed by atoms with Gasteiger partial charge in [-0.15, -0.1) is 0 Å². The summed E-state index contributed by atoms with van der Waals surface area (Å²) in [6.07, 6.45) is 3.98. The highest BCUT2D eigenvalue weighted by Gasteiger charge is 2.00. The zero-order valence-corrected chi connectivity index (χ0v) is 11.1. The molecular formula is C15H17N3O. The standard InChI is InChI=1S/C15H17N3O/c1-12-17-14(16-2)11-15(18-12)19-10-6-9-13-7-4-3-5-8-13/h3-9,11H,10H2,1-2H3,(H,16,17,18)/b9-6+. The minimum atomic E-state index is 0.481. The molecule has 0 bridgehead atoms. The van der Waals surface area contributed by atoms with E-state index in [9.17, 15) is 0 Å². The molecule has 0 aliphatic rings. The van der Waals surface area contributed by atoms with Crippen LogP contribution in [0.25, 0.3) is 6.08 Å². The van der Waals surface area contributed by atoms with Gasteiger partial charge in [0, 0.05) is 13.1 Å². The molecule has 2 aromatic rings. The first-order valence-electron chi connectivity index (χ1n) is 6.16. The fourth-order valence-electron chi connectivity index (χ4n) is 1.62. The van der Waals surface area contributed by atoms with Gasteiger partial charge in [0.25, 0.3) is 0 Å². The number of aromatic nitrogens is 2. The Hall–Kier alpha value is -2.36. The zero-order valence-electron chi connectivity index (χ0n) is 11.1. The SMILES string of the molecule is CNc1cc(OC/C=C/c2ccccc2)nc(C)n1. The lowest BCUT2D eigenvalue weighted by atomic mass is 10.2. The maximum absolute atomic E-state index is 5.57. The summed E-state index contributed by atoms with van der Waals surface area (Å²) in [5.74, 6) is 2.03. The summed E-state index contributed by atoms with van der Waals surface area (Å²) in [6.45, 7) is 2.32. The molecule has 2 rings (SSSR count). The van der Waals surface area contributed by atoms with E-state index in [1.165, 1.54) is 0 Å². The molecule has 19 heavy (non-hydrogen) atoms. The average Bonchev–Trinajstić information content (AvgIpc) is 2.44. The topological polar surface area (TPSA) is 47.0 Å². The van der Waals surface area contributed by atoms with Crippen LogP contribution in [0.5, 0.6) is 5.88 Å². The van der Waals surface area contributed by atoms with Crippen molar-refractivity contribution in [3.05, 3.63) is 53.9 Å². The Kier molecular flexibility index (Phi) is 4.50. The van der Waals surface area contributed by atoms with Crippen molar-refractivity contribution in [3.8, 4) is 5.88 Å². The zero-order chi connectivity index (χ0) is 13.5. The van der Waals surface area contributed by atoms with Crippen molar-refractivity contribution in [3.63, 3.8) is 0 Å². The van der Waals surface area contributed by atoms with E-state index < -0.39 is 0 Å². The molecule has 0 aliphatic carbocycles. The van der Waals surface area contributed by atoms with Crippen LogP contribution in [-0.2, 0) is 0 Å². The molecule has 1 heterocycles. The lowest BCUT2D eigenvalue weighted by Gasteiger charge is -2.05. The number of nitrogens with zero attached hydrogens (tertiary/aromatic N) is 2. The molecule has 4 nitrogen and oxygen atoms in total. The molecular weight excluding hydrogens is 238 g/mol. The van der Waals surface area contributed by atoms with E-state index >= 15 is 0 Å². The third-order valence-corrected chi connectivity index (χ3v) is 2.51. The molecule has 0 saturated carbocycles. The van der Waals surface area contributed by atoms with Crippen LogP contribution in [-0.4, -0.2) is 23.6 Å². The van der Waals surface area contributed by atoms with Gasteiger partial charge in [0.15, 0.2) is 0 Å². The number of hydrogen-bond acceptors (Lipinski definition) is 4. The van der Waals surface area contributed by atoms with Crippen molar-refractivity contribution in [2.45, 2.75) is 6.92 Å². The van der Waals surface area contributed by atoms with Crippen LogP contribution in [0.3, 0.4) is 0 Å². The van der Waals surface area contributed by atoms with Crippen molar-refractivity contribution in [1.29, 1.82) is 0 Å². The first-order valence-corrected chi connectivity index (χ1v) is 6.16. The summed E-state index contributed by atoms with van der Waals surface area (Å²) in [7, 11) is 1.82. The smallest absolute Gasteiger partial charge is 0.219 e. The normalized spacial score (nSPS) is 10.6. The molecule has 0 unspecified atom stereocenters. The highest BCUT2D eigenvalue weighted by atomic mass is 16.5. The maximum atomic E-state index is 5.57. The second-order valence-corrected chi connectivity index (χ2v) is 4.01. The largest absolute Gasteiger partial charge is 0.473 e. The minimum absolute atomic E-state index is 0.481. The Morgan fingerprint density at radius 2 is 2.00 bits per heavy atom. The average molecular weight is 255 g/mol. The molecule has 1 N–H and O–H groups in total. The Labute approximate surface area is 113 Å². The molecule has 98 valence electrons. The maximum Gasteiger partial charge on any atom is 0.219 e. The van der Waals surface area contributed by atoms with Gasteiger partial charge in [0.2, 0.25) is 5.88 Å². The highest BCUT2D eigenvalue weighted by molar-refractivity contribution is 5.48. The minimum Gasteiger partial charge on any atom is -0.473 e. The van der Waals surface area contributed by atoms with E-state index in [2.05, 4.69) is 15.3 Å². The number of ether oxygens (including phenoxy) is 1. The predicted octanol–water partition coefficient (Wildman–Crippen LogP) is 2.92. The van der Waals surface area contributed by atoms with Crippen molar-refractivity contribution >= 4 is 11.9 Å². The monoisotopic (exact) mass is 255 g/mol. The Bertz CT molecular complexity index is 553. The van der Waals surface area contributed by atoms with E-state index in [0.29, 0.717) is 18.3 Å². The van der Waals surface area contributed by atoms with Crippen LogP contribution in [0.15, 0.2) is 42.5 Å². The second-order valence-electron chi connectivity index (χ2n) is 4.01. The van der Waals surface area contributed by atoms with Gasteiger partial charge < -0.3 is 10.1 Å². The van der Waals surface area contributed by atoms with Crippen LogP contribution >= 0.6 is 0 Å². The van der Waals surface area contributed by atoms with Gasteiger partial charge in [0.1, 0.15) is 18.2 Å². The molecule has 0 saturated heterocycles. The van der Waals surface area contributed by atoms with Crippen LogP contribution < -0.4 is 10.1 Å². The molecule has 1 aromatic carbocycles. The lowest BCUT2D eigenvalue weighted by molar-refractivity contribution is 0.347. The Morgan fingerprint density at radius 3 is 2.74 bits per heavy atom. The second kappa shape index (κ2) is 6.54. The van der Waals surface area contributed by atoms with E-state index in [4.69, 9.17) is 4.74 Å². The van der Waals surface area contributed by atoms with Gasteiger partial charge in [-0.05, 0) is 18.6 Å². The molecule has 4 heteroatoms. The third-order valence-electron chi connectivity index (χ3n) is 2.51. The molecule has 0 radical (unpaired) electrons. The van der Waals surface area contributed by atoms with Crippen molar-refractivity contribution in [2.24, 2.45) is 0 Å². The number of benzene rings is 1. The lowest BCUT2D eigenvalue weighted by Crippen LogP contribution is -2.01. The molecule has 0 fully saturated rings. The Balaban J connectivity index is 1.92. The first kappa shape index (κ1) is 13.1. The van der Waals surface area contributed by atoms with E-state index in [0.717, 1.165) is 11.4 Å². The summed E-state index contributed by atoms with van der Waals surface area (Å²) in [5.41, 5.74) is 1.15. The van der Waals surface area contributed by atoms with Gasteiger partial charge in [-0.25, -0.2) is 4.98 Å². The summed E-state index contributed by atoms with van der Waals surface area (Å²) in [6, 6.07) is 11.9. The molecule has 0 aliphatic heterocycles. The quantitative estimate of drug-likeness (QED) is 0.892. The highest BCUT2D eigenvalue weighted by Crippen LogP contribution is 2.12. The van der Waals surface area contributed by atoms with Gasteiger partial charge in [0.05, 0.1) is 0 Å².